The molecule has 2 aromatic carbocycles. The molecule has 108 valence electrons. The first-order valence-electron chi connectivity index (χ1n) is 7.57. The van der Waals surface area contributed by atoms with Gasteiger partial charge in [0, 0.05) is 24.2 Å². The van der Waals surface area contributed by atoms with E-state index in [4.69, 9.17) is 0 Å². The summed E-state index contributed by atoms with van der Waals surface area (Å²) in [7, 11) is 0. The van der Waals surface area contributed by atoms with Gasteiger partial charge in [0.15, 0.2) is 0 Å². The highest BCUT2D eigenvalue weighted by atomic mass is 16.3. The first kappa shape index (κ1) is 13.2. The molecule has 1 unspecified atom stereocenters. The predicted octanol–water partition coefficient (Wildman–Crippen LogP) is 3.66. The summed E-state index contributed by atoms with van der Waals surface area (Å²) in [5.41, 5.74) is 3.09. The van der Waals surface area contributed by atoms with Gasteiger partial charge in [-0.15, -0.1) is 0 Å². The summed E-state index contributed by atoms with van der Waals surface area (Å²) in [6, 6.07) is 23.9. The Morgan fingerprint density at radius 1 is 0.818 bits per heavy atom. The summed E-state index contributed by atoms with van der Waals surface area (Å²) in [6.45, 7) is 0. The van der Waals surface area contributed by atoms with Gasteiger partial charge >= 0.3 is 0 Å². The number of hydrogen-bond acceptors (Lipinski definition) is 2. The molecule has 1 aliphatic rings. The molecule has 22 heavy (non-hydrogen) atoms. The van der Waals surface area contributed by atoms with Gasteiger partial charge in [0.25, 0.3) is 0 Å². The van der Waals surface area contributed by atoms with Crippen LogP contribution in [0, 0.1) is 0 Å². The maximum Gasteiger partial charge on any atom is 0.122 e. The zero-order chi connectivity index (χ0) is 15.0. The molecular formula is C20H17NO. The Morgan fingerprint density at radius 3 is 1.95 bits per heavy atom. The van der Waals surface area contributed by atoms with Crippen LogP contribution in [0.15, 0.2) is 79.0 Å². The smallest absolute Gasteiger partial charge is 0.122 e. The number of aromatic nitrogens is 1. The molecule has 0 saturated heterocycles. The van der Waals surface area contributed by atoms with E-state index in [2.05, 4.69) is 11.1 Å². The number of fused-ring (bicyclic) bond motifs is 1. The fraction of sp³-hybridized carbons (Fsp3) is 0.150. The van der Waals surface area contributed by atoms with Gasteiger partial charge in [-0.05, 0) is 22.8 Å². The fourth-order valence-electron chi connectivity index (χ4n) is 3.44. The maximum atomic E-state index is 11.7. The topological polar surface area (TPSA) is 33.1 Å². The van der Waals surface area contributed by atoms with Crippen molar-refractivity contribution in [3.05, 3.63) is 101 Å². The molecule has 1 N–H and O–H groups in total. The van der Waals surface area contributed by atoms with Crippen LogP contribution in [0.4, 0.5) is 0 Å². The lowest BCUT2D eigenvalue weighted by molar-refractivity contribution is 0.0399. The van der Waals surface area contributed by atoms with Crippen LogP contribution in [-0.2, 0) is 12.0 Å². The van der Waals surface area contributed by atoms with Crippen molar-refractivity contribution < 1.29 is 5.11 Å². The Hall–Kier alpha value is -2.45. The lowest BCUT2D eigenvalue weighted by Crippen LogP contribution is -2.41. The number of nitrogens with zero attached hydrogens (tertiary/aromatic N) is 1. The molecule has 4 rings (SSSR count). The Kier molecular flexibility index (Phi) is 3.05. The Labute approximate surface area is 130 Å². The molecule has 1 aromatic heterocycles. The summed E-state index contributed by atoms with van der Waals surface area (Å²) >= 11 is 0. The fourth-order valence-corrected chi connectivity index (χ4v) is 3.44. The molecular weight excluding hydrogens is 270 g/mol. The van der Waals surface area contributed by atoms with Crippen molar-refractivity contribution in [2.75, 3.05) is 0 Å². The minimum atomic E-state index is -1.02. The highest BCUT2D eigenvalue weighted by Crippen LogP contribution is 2.49. The minimum absolute atomic E-state index is 0.0426. The van der Waals surface area contributed by atoms with Gasteiger partial charge < -0.3 is 5.11 Å². The van der Waals surface area contributed by atoms with Gasteiger partial charge in [0.1, 0.15) is 5.60 Å². The average Bonchev–Trinajstić information content (AvgIpc) is 2.57. The second-order valence-corrected chi connectivity index (χ2v) is 5.79. The van der Waals surface area contributed by atoms with E-state index < -0.39 is 5.60 Å². The Morgan fingerprint density at radius 2 is 1.41 bits per heavy atom. The Bertz CT molecular complexity index is 744. The molecule has 2 heteroatoms. The maximum absolute atomic E-state index is 11.7. The second-order valence-electron chi connectivity index (χ2n) is 5.79. The molecule has 2 nitrogen and oxygen atoms in total. The number of rotatable bonds is 3. The van der Waals surface area contributed by atoms with Crippen LogP contribution in [0.3, 0.4) is 0 Å². The van der Waals surface area contributed by atoms with Crippen molar-refractivity contribution >= 4 is 0 Å². The van der Waals surface area contributed by atoms with Crippen molar-refractivity contribution in [2.45, 2.75) is 17.9 Å². The normalized spacial score (nSPS) is 16.7. The zero-order valence-electron chi connectivity index (χ0n) is 12.2. The highest BCUT2D eigenvalue weighted by molar-refractivity contribution is 5.47. The van der Waals surface area contributed by atoms with E-state index in [1.807, 2.05) is 72.9 Å². The largest absolute Gasteiger partial charge is 0.380 e. The monoisotopic (exact) mass is 287 g/mol. The lowest BCUT2D eigenvalue weighted by atomic mass is 9.65. The van der Waals surface area contributed by atoms with E-state index in [1.54, 1.807) is 0 Å². The number of hydrogen-bond donors (Lipinski definition) is 1. The van der Waals surface area contributed by atoms with Crippen LogP contribution in [0.25, 0.3) is 0 Å². The highest BCUT2D eigenvalue weighted by Gasteiger charge is 2.46. The van der Waals surface area contributed by atoms with Gasteiger partial charge in [-0.1, -0.05) is 66.7 Å². The Balaban J connectivity index is 1.88. The summed E-state index contributed by atoms with van der Waals surface area (Å²) in [6.07, 6.45) is 2.62. The number of benzene rings is 2. The van der Waals surface area contributed by atoms with E-state index in [0.29, 0.717) is 0 Å². The van der Waals surface area contributed by atoms with Crippen LogP contribution in [-0.4, -0.2) is 10.1 Å². The zero-order valence-corrected chi connectivity index (χ0v) is 12.2. The number of pyridine rings is 1. The molecule has 0 radical (unpaired) electrons. The van der Waals surface area contributed by atoms with Crippen LogP contribution in [0.2, 0.25) is 0 Å². The van der Waals surface area contributed by atoms with E-state index in [-0.39, 0.29) is 5.92 Å². The summed E-state index contributed by atoms with van der Waals surface area (Å²) in [4.78, 5) is 4.41. The van der Waals surface area contributed by atoms with Crippen molar-refractivity contribution in [3.8, 4) is 0 Å². The van der Waals surface area contributed by atoms with Crippen LogP contribution in [0.1, 0.15) is 28.3 Å². The van der Waals surface area contributed by atoms with Crippen molar-refractivity contribution in [1.29, 1.82) is 0 Å². The van der Waals surface area contributed by atoms with Gasteiger partial charge in [0.05, 0.1) is 0 Å². The molecule has 0 aliphatic heterocycles. The van der Waals surface area contributed by atoms with Crippen molar-refractivity contribution in [3.63, 3.8) is 0 Å². The van der Waals surface area contributed by atoms with E-state index in [1.165, 1.54) is 0 Å². The van der Waals surface area contributed by atoms with Gasteiger partial charge in [0.2, 0.25) is 0 Å². The van der Waals surface area contributed by atoms with Gasteiger partial charge in [-0.25, -0.2) is 0 Å². The molecule has 0 amide bonds. The summed E-state index contributed by atoms with van der Waals surface area (Å²) in [5, 5.41) is 11.7. The molecule has 1 aliphatic carbocycles. The second kappa shape index (κ2) is 5.08. The quantitative estimate of drug-likeness (QED) is 0.797. The van der Waals surface area contributed by atoms with E-state index >= 15 is 0 Å². The lowest BCUT2D eigenvalue weighted by Gasteiger charge is -2.43. The molecule has 0 saturated carbocycles. The average molecular weight is 287 g/mol. The third kappa shape index (κ3) is 1.88. The number of aliphatic hydroxyl groups is 1. The van der Waals surface area contributed by atoms with Crippen LogP contribution < -0.4 is 0 Å². The SMILES string of the molecule is OC(c1ccccc1)(c1ccccc1)C1Cc2ncccc21. The van der Waals surface area contributed by atoms with Crippen molar-refractivity contribution in [1.82, 2.24) is 4.98 Å². The molecule has 3 aromatic rings. The summed E-state index contributed by atoms with van der Waals surface area (Å²) < 4.78 is 0. The molecule has 0 spiro atoms. The molecule has 0 bridgehead atoms. The molecule has 1 atom stereocenters. The third-order valence-electron chi connectivity index (χ3n) is 4.63. The molecule has 1 heterocycles. The summed E-state index contributed by atoms with van der Waals surface area (Å²) in [5.74, 6) is 0.0426. The van der Waals surface area contributed by atoms with E-state index in [0.717, 1.165) is 28.8 Å². The van der Waals surface area contributed by atoms with E-state index in [9.17, 15) is 5.11 Å². The van der Waals surface area contributed by atoms with Gasteiger partial charge in [-0.3, -0.25) is 4.98 Å². The van der Waals surface area contributed by atoms with Crippen LogP contribution in [0.5, 0.6) is 0 Å². The molecule has 0 fully saturated rings. The van der Waals surface area contributed by atoms with Crippen LogP contribution >= 0.6 is 0 Å². The predicted molar refractivity (Wildman–Crippen MR) is 86.6 cm³/mol. The first-order valence-corrected chi connectivity index (χ1v) is 7.57. The third-order valence-corrected chi connectivity index (χ3v) is 4.63. The van der Waals surface area contributed by atoms with Gasteiger partial charge in [-0.2, -0.15) is 0 Å². The standard InChI is InChI=1S/C20H17NO/c22-20(15-8-3-1-4-9-15,16-10-5-2-6-11-16)18-14-19-17(18)12-7-13-21-19/h1-13,18,22H,14H2. The van der Waals surface area contributed by atoms with Crippen molar-refractivity contribution in [2.24, 2.45) is 0 Å². The minimum Gasteiger partial charge on any atom is -0.380 e. The first-order chi connectivity index (χ1) is 10.8.